The number of thiazole rings is 1. The Hall–Kier alpha value is -2.48. The molecule has 1 saturated heterocycles. The van der Waals surface area contributed by atoms with E-state index < -0.39 is 0 Å². The second-order valence-corrected chi connectivity index (χ2v) is 7.62. The van der Waals surface area contributed by atoms with Gasteiger partial charge in [-0.3, -0.25) is 4.79 Å². The number of fused-ring (bicyclic) bond motifs is 1. The molecule has 0 spiro atoms. The molecule has 7 nitrogen and oxygen atoms in total. The van der Waals surface area contributed by atoms with Gasteiger partial charge in [-0.2, -0.15) is 0 Å². The maximum Gasteiger partial charge on any atom is 0.257 e. The zero-order chi connectivity index (χ0) is 18.1. The molecule has 3 aromatic rings. The Morgan fingerprint density at radius 1 is 1.23 bits per heavy atom. The van der Waals surface area contributed by atoms with Crippen LogP contribution >= 0.6 is 11.3 Å². The molecule has 1 aliphatic heterocycles. The first kappa shape index (κ1) is 17.0. The van der Waals surface area contributed by atoms with Gasteiger partial charge in [0.2, 0.25) is 0 Å². The first-order valence-electron chi connectivity index (χ1n) is 8.82. The summed E-state index contributed by atoms with van der Waals surface area (Å²) in [7, 11) is 0. The van der Waals surface area contributed by atoms with Crippen molar-refractivity contribution in [1.82, 2.24) is 20.0 Å². The zero-order valence-corrected chi connectivity index (χ0v) is 15.7. The Morgan fingerprint density at radius 2 is 2.12 bits per heavy atom. The van der Waals surface area contributed by atoms with E-state index in [-0.39, 0.29) is 11.8 Å². The smallest absolute Gasteiger partial charge is 0.257 e. The monoisotopic (exact) mass is 371 g/mol. The molecule has 1 amide bonds. The number of pyridine rings is 1. The molecule has 136 valence electrons. The average molecular weight is 371 g/mol. The summed E-state index contributed by atoms with van der Waals surface area (Å²) in [5, 5.41) is 7.91. The van der Waals surface area contributed by atoms with E-state index in [1.165, 1.54) is 0 Å². The number of hydrogen-bond acceptors (Lipinski definition) is 7. The van der Waals surface area contributed by atoms with Crippen LogP contribution < -0.4 is 4.90 Å². The number of amides is 1. The fourth-order valence-electron chi connectivity index (χ4n) is 3.25. The maximum atomic E-state index is 13.0. The normalized spacial score (nSPS) is 15.7. The van der Waals surface area contributed by atoms with Crippen molar-refractivity contribution < 1.29 is 9.32 Å². The van der Waals surface area contributed by atoms with Crippen molar-refractivity contribution in [2.75, 3.05) is 31.1 Å². The van der Waals surface area contributed by atoms with Gasteiger partial charge in [0.15, 0.2) is 5.13 Å². The van der Waals surface area contributed by atoms with Gasteiger partial charge >= 0.3 is 0 Å². The third-order valence-electron chi connectivity index (χ3n) is 4.62. The van der Waals surface area contributed by atoms with Crippen molar-refractivity contribution in [2.24, 2.45) is 0 Å². The van der Waals surface area contributed by atoms with Gasteiger partial charge in [-0.05, 0) is 18.4 Å². The maximum absolute atomic E-state index is 13.0. The van der Waals surface area contributed by atoms with Gasteiger partial charge in [-0.15, -0.1) is 11.3 Å². The van der Waals surface area contributed by atoms with Crippen molar-refractivity contribution in [1.29, 1.82) is 0 Å². The van der Waals surface area contributed by atoms with E-state index in [4.69, 9.17) is 4.52 Å². The Morgan fingerprint density at radius 3 is 2.88 bits per heavy atom. The van der Waals surface area contributed by atoms with E-state index in [0.717, 1.165) is 42.3 Å². The molecule has 1 aliphatic rings. The Balaban J connectivity index is 1.53. The van der Waals surface area contributed by atoms with Crippen LogP contribution in [0.4, 0.5) is 5.13 Å². The van der Waals surface area contributed by atoms with Crippen LogP contribution in [0.2, 0.25) is 0 Å². The fourth-order valence-corrected chi connectivity index (χ4v) is 3.95. The highest BCUT2D eigenvalue weighted by Gasteiger charge is 2.23. The number of aromatic nitrogens is 3. The Labute approximate surface area is 155 Å². The third kappa shape index (κ3) is 3.16. The van der Waals surface area contributed by atoms with Gasteiger partial charge in [-0.25, -0.2) is 9.97 Å². The summed E-state index contributed by atoms with van der Waals surface area (Å²) in [6.45, 7) is 7.22. The zero-order valence-electron chi connectivity index (χ0n) is 14.9. The average Bonchev–Trinajstić information content (AvgIpc) is 3.25. The summed E-state index contributed by atoms with van der Waals surface area (Å²) in [6, 6.07) is 1.86. The molecule has 0 aliphatic carbocycles. The van der Waals surface area contributed by atoms with Crippen LogP contribution in [0, 0.1) is 0 Å². The first-order chi connectivity index (χ1) is 12.6. The lowest BCUT2D eigenvalue weighted by Gasteiger charge is -2.21. The number of carbonyl (C=O) groups is 1. The molecule has 26 heavy (non-hydrogen) atoms. The molecule has 0 atom stereocenters. The van der Waals surface area contributed by atoms with Crippen LogP contribution in [0.3, 0.4) is 0 Å². The minimum absolute atomic E-state index is 0.0105. The highest BCUT2D eigenvalue weighted by Crippen LogP contribution is 2.25. The van der Waals surface area contributed by atoms with E-state index >= 15 is 0 Å². The fraction of sp³-hybridized carbons (Fsp3) is 0.444. The molecule has 1 fully saturated rings. The van der Waals surface area contributed by atoms with Crippen molar-refractivity contribution in [2.45, 2.75) is 26.2 Å². The van der Waals surface area contributed by atoms with E-state index in [0.29, 0.717) is 17.8 Å². The summed E-state index contributed by atoms with van der Waals surface area (Å²) in [5.41, 5.74) is 1.91. The van der Waals surface area contributed by atoms with E-state index in [2.05, 4.69) is 20.0 Å². The van der Waals surface area contributed by atoms with Crippen LogP contribution in [0.5, 0.6) is 0 Å². The molecular weight excluding hydrogens is 350 g/mol. The third-order valence-corrected chi connectivity index (χ3v) is 5.46. The largest absolute Gasteiger partial charge is 0.346 e. The summed E-state index contributed by atoms with van der Waals surface area (Å²) in [4.78, 5) is 25.8. The topological polar surface area (TPSA) is 75.4 Å². The van der Waals surface area contributed by atoms with Gasteiger partial charge in [0.1, 0.15) is 0 Å². The molecular formula is C18H21N5O2S. The number of hydrogen-bond donors (Lipinski definition) is 0. The van der Waals surface area contributed by atoms with Crippen molar-refractivity contribution in [3.63, 3.8) is 0 Å². The number of anilines is 1. The molecule has 0 unspecified atom stereocenters. The SMILES string of the molecule is CC(C)c1noc2ncc(C(=O)N3CCCN(c4nccs4)CC3)cc12. The summed E-state index contributed by atoms with van der Waals surface area (Å²) in [5.74, 6) is 0.227. The summed E-state index contributed by atoms with van der Waals surface area (Å²) < 4.78 is 5.27. The molecule has 0 aromatic carbocycles. The van der Waals surface area contributed by atoms with Gasteiger partial charge in [0.05, 0.1) is 16.6 Å². The predicted octanol–water partition coefficient (Wildman–Crippen LogP) is 3.16. The van der Waals surface area contributed by atoms with Crippen LogP contribution in [0.1, 0.15) is 42.2 Å². The van der Waals surface area contributed by atoms with Gasteiger partial charge in [0.25, 0.3) is 11.6 Å². The molecule has 0 saturated carbocycles. The minimum atomic E-state index is 0.0105. The van der Waals surface area contributed by atoms with Crippen molar-refractivity contribution in [3.05, 3.63) is 35.1 Å². The summed E-state index contributed by atoms with van der Waals surface area (Å²) >= 11 is 1.64. The molecule has 0 radical (unpaired) electrons. The van der Waals surface area contributed by atoms with E-state index in [9.17, 15) is 4.79 Å². The van der Waals surface area contributed by atoms with Crippen molar-refractivity contribution >= 4 is 33.5 Å². The highest BCUT2D eigenvalue weighted by molar-refractivity contribution is 7.13. The Kier molecular flexibility index (Phi) is 4.58. The number of nitrogens with zero attached hydrogens (tertiary/aromatic N) is 5. The molecule has 4 heterocycles. The van der Waals surface area contributed by atoms with Crippen LogP contribution in [-0.2, 0) is 0 Å². The minimum Gasteiger partial charge on any atom is -0.346 e. The molecule has 4 rings (SSSR count). The quantitative estimate of drug-likeness (QED) is 0.704. The molecule has 0 bridgehead atoms. The van der Waals surface area contributed by atoms with E-state index in [1.807, 2.05) is 36.4 Å². The second-order valence-electron chi connectivity index (χ2n) is 6.75. The van der Waals surface area contributed by atoms with Crippen LogP contribution in [-0.4, -0.2) is 52.1 Å². The second kappa shape index (κ2) is 7.03. The highest BCUT2D eigenvalue weighted by atomic mass is 32.1. The molecule has 0 N–H and O–H groups in total. The van der Waals surface area contributed by atoms with Crippen LogP contribution in [0.15, 0.2) is 28.4 Å². The van der Waals surface area contributed by atoms with E-state index in [1.54, 1.807) is 17.5 Å². The van der Waals surface area contributed by atoms with Gasteiger partial charge in [-0.1, -0.05) is 19.0 Å². The first-order valence-corrected chi connectivity index (χ1v) is 9.70. The summed E-state index contributed by atoms with van der Waals surface area (Å²) in [6.07, 6.45) is 4.33. The lowest BCUT2D eigenvalue weighted by molar-refractivity contribution is 0.0767. The standard InChI is InChI=1S/C18H21N5O2S/c1-12(2)15-14-10-13(11-20-16(14)25-21-15)17(24)22-5-3-6-23(8-7-22)18-19-4-9-26-18/h4,9-12H,3,5-8H2,1-2H3. The number of rotatable bonds is 3. The van der Waals surface area contributed by atoms with Gasteiger partial charge < -0.3 is 14.3 Å². The molecule has 3 aromatic heterocycles. The lowest BCUT2D eigenvalue weighted by Crippen LogP contribution is -2.35. The van der Waals surface area contributed by atoms with Crippen molar-refractivity contribution in [3.8, 4) is 0 Å². The van der Waals surface area contributed by atoms with Crippen LogP contribution in [0.25, 0.3) is 11.1 Å². The predicted molar refractivity (Wildman–Crippen MR) is 101 cm³/mol. The molecule has 8 heteroatoms. The lowest BCUT2D eigenvalue weighted by atomic mass is 10.1. The Bertz CT molecular complexity index is 906. The number of carbonyl (C=O) groups excluding carboxylic acids is 1. The van der Waals surface area contributed by atoms with Gasteiger partial charge in [0, 0.05) is 44.0 Å².